The van der Waals surface area contributed by atoms with E-state index >= 15 is 0 Å². The van der Waals surface area contributed by atoms with Gasteiger partial charge in [-0.1, -0.05) is 0 Å². The summed E-state index contributed by atoms with van der Waals surface area (Å²) in [4.78, 5) is 13.0. The molecule has 0 aromatic carbocycles. The van der Waals surface area contributed by atoms with E-state index in [0.717, 1.165) is 9.80 Å². The first-order valence-corrected chi connectivity index (χ1v) is 3.81. The Labute approximate surface area is 75.1 Å². The molecule has 6 heteroatoms. The van der Waals surface area contributed by atoms with Crippen LogP contribution in [-0.4, -0.2) is 49.2 Å². The van der Waals surface area contributed by atoms with Gasteiger partial charge in [0, 0.05) is 20.6 Å². The van der Waals surface area contributed by atoms with Crippen LogP contribution in [-0.2, 0) is 0 Å². The van der Waals surface area contributed by atoms with Gasteiger partial charge in [-0.2, -0.15) is 13.2 Å². The Hall–Kier alpha value is -0.940. The maximum Gasteiger partial charge on any atom is 0.406 e. The quantitative estimate of drug-likeness (QED) is 0.660. The molecule has 0 aliphatic heterocycles. The second kappa shape index (κ2) is 4.34. The van der Waals surface area contributed by atoms with Gasteiger partial charge in [0.05, 0.1) is 0 Å². The molecule has 2 amide bonds. The van der Waals surface area contributed by atoms with Crippen LogP contribution in [0.15, 0.2) is 0 Å². The van der Waals surface area contributed by atoms with Crippen LogP contribution in [0.25, 0.3) is 0 Å². The third kappa shape index (κ3) is 4.59. The maximum absolute atomic E-state index is 11.9. The molecule has 78 valence electrons. The zero-order valence-electron chi connectivity index (χ0n) is 7.85. The molecule has 0 atom stereocenters. The molecule has 0 aromatic heterocycles. The highest BCUT2D eigenvalue weighted by Crippen LogP contribution is 2.16. The van der Waals surface area contributed by atoms with E-state index in [0.29, 0.717) is 0 Å². The fraction of sp³-hybridized carbons (Fsp3) is 0.857. The van der Waals surface area contributed by atoms with Crippen molar-refractivity contribution in [3.63, 3.8) is 0 Å². The normalized spacial score (nSPS) is 11.2. The average Bonchev–Trinajstić information content (AvgIpc) is 1.97. The van der Waals surface area contributed by atoms with Gasteiger partial charge in [0.1, 0.15) is 6.54 Å². The van der Waals surface area contributed by atoms with Gasteiger partial charge in [-0.05, 0) is 6.92 Å². The molecule has 3 nitrogen and oxygen atoms in total. The number of halogens is 3. The van der Waals surface area contributed by atoms with E-state index in [9.17, 15) is 18.0 Å². The number of carbonyl (C=O) groups is 1. The number of alkyl halides is 3. The Morgan fingerprint density at radius 3 is 2.00 bits per heavy atom. The lowest BCUT2D eigenvalue weighted by molar-refractivity contribution is -0.140. The summed E-state index contributed by atoms with van der Waals surface area (Å²) in [5.74, 6) is 0. The predicted octanol–water partition coefficient (Wildman–Crippen LogP) is 1.55. The molecular weight excluding hydrogens is 185 g/mol. The molecule has 0 fully saturated rings. The molecule has 0 saturated carbocycles. The summed E-state index contributed by atoms with van der Waals surface area (Å²) in [5.41, 5.74) is 0. The molecular formula is C7H13F3N2O. The fourth-order valence-electron chi connectivity index (χ4n) is 0.814. The van der Waals surface area contributed by atoms with E-state index in [1.165, 1.54) is 21.0 Å². The molecule has 0 bridgehead atoms. The third-order valence-electron chi connectivity index (χ3n) is 1.40. The Morgan fingerprint density at radius 2 is 1.77 bits per heavy atom. The number of amides is 2. The number of urea groups is 1. The van der Waals surface area contributed by atoms with E-state index in [-0.39, 0.29) is 6.54 Å². The number of rotatable bonds is 2. The average molecular weight is 198 g/mol. The number of nitrogens with zero attached hydrogens (tertiary/aromatic N) is 2. The molecule has 13 heavy (non-hydrogen) atoms. The van der Waals surface area contributed by atoms with E-state index in [1.54, 1.807) is 0 Å². The summed E-state index contributed by atoms with van der Waals surface area (Å²) in [6, 6.07) is -0.625. The Balaban J connectivity index is 4.27. The molecule has 0 heterocycles. The lowest BCUT2D eigenvalue weighted by atomic mass is 10.5. The summed E-state index contributed by atoms with van der Waals surface area (Å²) < 4.78 is 35.7. The van der Waals surface area contributed by atoms with Crippen LogP contribution in [0.4, 0.5) is 18.0 Å². The molecule has 0 aliphatic carbocycles. The topological polar surface area (TPSA) is 23.6 Å². The first kappa shape index (κ1) is 12.1. The van der Waals surface area contributed by atoms with E-state index in [1.807, 2.05) is 0 Å². The highest BCUT2D eigenvalue weighted by Gasteiger charge is 2.32. The number of carbonyl (C=O) groups excluding carboxylic acids is 1. The predicted molar refractivity (Wildman–Crippen MR) is 42.4 cm³/mol. The molecule has 0 radical (unpaired) electrons. The number of hydrogen-bond acceptors (Lipinski definition) is 1. The molecule has 0 N–H and O–H groups in total. The monoisotopic (exact) mass is 198 g/mol. The molecule has 0 aromatic rings. The standard InChI is InChI=1S/C7H13F3N2O/c1-4-12(5-7(8,9)10)6(13)11(2)3/h4-5H2,1-3H3. The van der Waals surface area contributed by atoms with Gasteiger partial charge < -0.3 is 9.80 Å². The highest BCUT2D eigenvalue weighted by atomic mass is 19.4. The van der Waals surface area contributed by atoms with Gasteiger partial charge in [-0.15, -0.1) is 0 Å². The van der Waals surface area contributed by atoms with Crippen molar-refractivity contribution in [2.45, 2.75) is 13.1 Å². The molecule has 0 aliphatic rings. The van der Waals surface area contributed by atoms with Crippen molar-refractivity contribution >= 4 is 6.03 Å². The van der Waals surface area contributed by atoms with Crippen molar-refractivity contribution in [1.82, 2.24) is 9.80 Å². The van der Waals surface area contributed by atoms with Crippen LogP contribution in [0.2, 0.25) is 0 Å². The van der Waals surface area contributed by atoms with Gasteiger partial charge >= 0.3 is 12.2 Å². The first-order chi connectivity index (χ1) is 5.78. The first-order valence-electron chi connectivity index (χ1n) is 3.81. The Bertz CT molecular complexity index is 179. The van der Waals surface area contributed by atoms with Gasteiger partial charge in [-0.25, -0.2) is 4.79 Å². The van der Waals surface area contributed by atoms with Gasteiger partial charge in [0.2, 0.25) is 0 Å². The second-order valence-electron chi connectivity index (χ2n) is 2.81. The molecule has 0 spiro atoms. The summed E-state index contributed by atoms with van der Waals surface area (Å²) in [6.45, 7) is 0.365. The molecule has 0 rings (SSSR count). The van der Waals surface area contributed by atoms with Crippen LogP contribution in [0, 0.1) is 0 Å². The third-order valence-corrected chi connectivity index (χ3v) is 1.40. The zero-order valence-corrected chi connectivity index (χ0v) is 7.85. The fourth-order valence-corrected chi connectivity index (χ4v) is 0.814. The summed E-state index contributed by atoms with van der Waals surface area (Å²) in [7, 11) is 2.84. The van der Waals surface area contributed by atoms with E-state index < -0.39 is 18.8 Å². The van der Waals surface area contributed by atoms with E-state index in [4.69, 9.17) is 0 Å². The van der Waals surface area contributed by atoms with Crippen molar-refractivity contribution in [2.75, 3.05) is 27.2 Å². The smallest absolute Gasteiger partial charge is 0.331 e. The summed E-state index contributed by atoms with van der Waals surface area (Å²) >= 11 is 0. The van der Waals surface area contributed by atoms with E-state index in [2.05, 4.69) is 0 Å². The van der Waals surface area contributed by atoms with Crippen LogP contribution in [0.1, 0.15) is 6.92 Å². The van der Waals surface area contributed by atoms with Crippen LogP contribution in [0.3, 0.4) is 0 Å². The van der Waals surface area contributed by atoms with Crippen molar-refractivity contribution in [1.29, 1.82) is 0 Å². The van der Waals surface area contributed by atoms with Crippen molar-refractivity contribution in [3.05, 3.63) is 0 Å². The lowest BCUT2D eigenvalue weighted by Crippen LogP contribution is -2.44. The number of hydrogen-bond donors (Lipinski definition) is 0. The van der Waals surface area contributed by atoms with Gasteiger partial charge in [-0.3, -0.25) is 0 Å². The minimum atomic E-state index is -4.33. The minimum absolute atomic E-state index is 0.0521. The minimum Gasteiger partial charge on any atom is -0.331 e. The van der Waals surface area contributed by atoms with Crippen LogP contribution >= 0.6 is 0 Å². The summed E-state index contributed by atoms with van der Waals surface area (Å²) in [6.07, 6.45) is -4.33. The van der Waals surface area contributed by atoms with Gasteiger partial charge in [0.25, 0.3) is 0 Å². The second-order valence-corrected chi connectivity index (χ2v) is 2.81. The largest absolute Gasteiger partial charge is 0.406 e. The van der Waals surface area contributed by atoms with Crippen molar-refractivity contribution in [2.24, 2.45) is 0 Å². The lowest BCUT2D eigenvalue weighted by Gasteiger charge is -2.25. The zero-order chi connectivity index (χ0) is 10.6. The molecule has 0 saturated heterocycles. The van der Waals surface area contributed by atoms with Crippen LogP contribution in [0.5, 0.6) is 0 Å². The van der Waals surface area contributed by atoms with Crippen molar-refractivity contribution in [3.8, 4) is 0 Å². The Kier molecular flexibility index (Phi) is 4.03. The molecule has 0 unspecified atom stereocenters. The Morgan fingerprint density at radius 1 is 1.31 bits per heavy atom. The maximum atomic E-state index is 11.9. The summed E-state index contributed by atoms with van der Waals surface area (Å²) in [5, 5.41) is 0. The SMILES string of the molecule is CCN(CC(F)(F)F)C(=O)N(C)C. The van der Waals surface area contributed by atoms with Gasteiger partial charge in [0.15, 0.2) is 0 Å². The van der Waals surface area contributed by atoms with Crippen LogP contribution < -0.4 is 0 Å². The highest BCUT2D eigenvalue weighted by molar-refractivity contribution is 5.73. The van der Waals surface area contributed by atoms with Crippen molar-refractivity contribution < 1.29 is 18.0 Å².